The Morgan fingerprint density at radius 3 is 2.30 bits per heavy atom. The Morgan fingerprint density at radius 1 is 1.09 bits per heavy atom. The highest BCUT2D eigenvalue weighted by atomic mass is 16.2. The van der Waals surface area contributed by atoms with E-state index in [1.807, 2.05) is 13.0 Å². The number of benzene rings is 1. The second-order valence-electron chi connectivity index (χ2n) is 5.21. The number of carbonyl (C=O) groups excluding carboxylic acids is 2. The van der Waals surface area contributed by atoms with Crippen molar-refractivity contribution in [2.75, 3.05) is 10.6 Å². The molecule has 1 heterocycles. The Kier molecular flexibility index (Phi) is 4.59. The summed E-state index contributed by atoms with van der Waals surface area (Å²) in [5.74, 6) is -0.499. The topological polar surface area (TPSA) is 93.1 Å². The largest absolute Gasteiger partial charge is 0.326 e. The van der Waals surface area contributed by atoms with Gasteiger partial charge in [-0.2, -0.15) is 5.10 Å². The van der Waals surface area contributed by atoms with Crippen LogP contribution in [0.25, 0.3) is 11.3 Å². The molecule has 1 aromatic carbocycles. The van der Waals surface area contributed by atoms with Gasteiger partial charge in [0.2, 0.25) is 11.8 Å². The molecule has 2 rings (SSSR count). The fourth-order valence-electron chi connectivity index (χ4n) is 2.26. The molecule has 0 bridgehead atoms. The summed E-state index contributed by atoms with van der Waals surface area (Å²) in [6.07, 6.45) is 0. The van der Waals surface area contributed by atoms with Crippen molar-refractivity contribution in [2.45, 2.75) is 20.8 Å². The Bertz CT molecular complexity index is 840. The van der Waals surface area contributed by atoms with Crippen molar-refractivity contribution in [2.24, 2.45) is 7.05 Å². The summed E-state index contributed by atoms with van der Waals surface area (Å²) in [4.78, 5) is 34.5. The third-order valence-electron chi connectivity index (χ3n) is 3.29. The first-order valence-corrected chi connectivity index (χ1v) is 7.03. The van der Waals surface area contributed by atoms with Crippen molar-refractivity contribution < 1.29 is 9.59 Å². The van der Waals surface area contributed by atoms with Gasteiger partial charge >= 0.3 is 0 Å². The maximum absolute atomic E-state index is 12.0. The molecule has 0 aliphatic heterocycles. The molecule has 0 aliphatic rings. The summed E-state index contributed by atoms with van der Waals surface area (Å²) in [5.41, 5.74) is 2.56. The summed E-state index contributed by atoms with van der Waals surface area (Å²) in [7, 11) is 1.52. The van der Waals surface area contributed by atoms with Crippen molar-refractivity contribution in [1.29, 1.82) is 0 Å². The SMILES string of the molecule is CC(=O)Nc1cccc(-c2cc(NC(C)=O)c(=O)n(C)n2)c1C. The number of hydrogen-bond acceptors (Lipinski definition) is 4. The van der Waals surface area contributed by atoms with Gasteiger partial charge in [-0.25, -0.2) is 4.68 Å². The van der Waals surface area contributed by atoms with Gasteiger partial charge in [0.25, 0.3) is 5.56 Å². The van der Waals surface area contributed by atoms with Gasteiger partial charge in [-0.05, 0) is 24.6 Å². The van der Waals surface area contributed by atoms with Gasteiger partial charge in [0.15, 0.2) is 0 Å². The molecule has 0 atom stereocenters. The molecule has 0 radical (unpaired) electrons. The van der Waals surface area contributed by atoms with Gasteiger partial charge in [0, 0.05) is 32.1 Å². The average molecular weight is 314 g/mol. The van der Waals surface area contributed by atoms with Crippen LogP contribution in [0.1, 0.15) is 19.4 Å². The van der Waals surface area contributed by atoms with Gasteiger partial charge in [0.1, 0.15) is 5.69 Å². The zero-order valence-corrected chi connectivity index (χ0v) is 13.4. The van der Waals surface area contributed by atoms with Gasteiger partial charge in [-0.1, -0.05) is 12.1 Å². The number of aryl methyl sites for hydroxylation is 1. The summed E-state index contributed by atoms with van der Waals surface area (Å²) >= 11 is 0. The normalized spacial score (nSPS) is 10.3. The molecule has 2 amide bonds. The summed E-state index contributed by atoms with van der Waals surface area (Å²) in [6.45, 7) is 4.62. The fourth-order valence-corrected chi connectivity index (χ4v) is 2.26. The predicted molar refractivity (Wildman–Crippen MR) is 88.3 cm³/mol. The molecule has 0 fully saturated rings. The van der Waals surface area contributed by atoms with E-state index in [-0.39, 0.29) is 23.1 Å². The van der Waals surface area contributed by atoms with E-state index in [2.05, 4.69) is 15.7 Å². The monoisotopic (exact) mass is 314 g/mol. The number of anilines is 2. The Balaban J connectivity index is 2.58. The lowest BCUT2D eigenvalue weighted by atomic mass is 10.0. The van der Waals surface area contributed by atoms with Gasteiger partial charge in [-0.15, -0.1) is 0 Å². The zero-order valence-electron chi connectivity index (χ0n) is 13.4. The van der Waals surface area contributed by atoms with Crippen molar-refractivity contribution in [1.82, 2.24) is 9.78 Å². The number of carbonyl (C=O) groups is 2. The molecule has 0 aliphatic carbocycles. The lowest BCUT2D eigenvalue weighted by Gasteiger charge is -2.13. The molecule has 1 aromatic heterocycles. The molecule has 2 aromatic rings. The second kappa shape index (κ2) is 6.43. The lowest BCUT2D eigenvalue weighted by Crippen LogP contribution is -2.25. The highest BCUT2D eigenvalue weighted by molar-refractivity contribution is 5.91. The van der Waals surface area contributed by atoms with Crippen LogP contribution in [0, 0.1) is 6.92 Å². The van der Waals surface area contributed by atoms with Crippen LogP contribution in [0.3, 0.4) is 0 Å². The molecule has 7 nitrogen and oxygen atoms in total. The van der Waals surface area contributed by atoms with E-state index in [0.717, 1.165) is 11.1 Å². The molecule has 2 N–H and O–H groups in total. The zero-order chi connectivity index (χ0) is 17.1. The Morgan fingerprint density at radius 2 is 1.70 bits per heavy atom. The van der Waals surface area contributed by atoms with Crippen LogP contribution in [0.5, 0.6) is 0 Å². The average Bonchev–Trinajstić information content (AvgIpc) is 2.45. The lowest BCUT2D eigenvalue weighted by molar-refractivity contribution is -0.115. The van der Waals surface area contributed by atoms with Crippen LogP contribution in [0.4, 0.5) is 11.4 Å². The predicted octanol–water partition coefficient (Wildman–Crippen LogP) is 1.67. The minimum Gasteiger partial charge on any atom is -0.326 e. The smallest absolute Gasteiger partial charge is 0.290 e. The van der Waals surface area contributed by atoms with Crippen LogP contribution >= 0.6 is 0 Å². The highest BCUT2D eigenvalue weighted by Crippen LogP contribution is 2.27. The quantitative estimate of drug-likeness (QED) is 0.901. The molecule has 23 heavy (non-hydrogen) atoms. The van der Waals surface area contributed by atoms with E-state index in [1.54, 1.807) is 12.1 Å². The maximum Gasteiger partial charge on any atom is 0.290 e. The Labute approximate surface area is 133 Å². The van der Waals surface area contributed by atoms with E-state index in [9.17, 15) is 14.4 Å². The van der Waals surface area contributed by atoms with E-state index in [4.69, 9.17) is 0 Å². The second-order valence-corrected chi connectivity index (χ2v) is 5.21. The van der Waals surface area contributed by atoms with E-state index >= 15 is 0 Å². The first-order valence-electron chi connectivity index (χ1n) is 7.03. The summed E-state index contributed by atoms with van der Waals surface area (Å²) in [5, 5.41) is 9.49. The molecular weight excluding hydrogens is 296 g/mol. The van der Waals surface area contributed by atoms with Gasteiger partial charge in [-0.3, -0.25) is 14.4 Å². The van der Waals surface area contributed by atoms with Crippen molar-refractivity contribution in [3.63, 3.8) is 0 Å². The van der Waals surface area contributed by atoms with E-state index < -0.39 is 0 Å². The van der Waals surface area contributed by atoms with Crippen LogP contribution in [-0.4, -0.2) is 21.6 Å². The van der Waals surface area contributed by atoms with Crippen LogP contribution < -0.4 is 16.2 Å². The van der Waals surface area contributed by atoms with Crippen molar-refractivity contribution in [3.8, 4) is 11.3 Å². The van der Waals surface area contributed by atoms with Crippen LogP contribution in [0.2, 0.25) is 0 Å². The van der Waals surface area contributed by atoms with Gasteiger partial charge in [0.05, 0.1) is 5.69 Å². The minimum absolute atomic E-state index is 0.161. The van der Waals surface area contributed by atoms with E-state index in [1.165, 1.54) is 31.6 Å². The molecule has 0 spiro atoms. The van der Waals surface area contributed by atoms with Gasteiger partial charge < -0.3 is 10.6 Å². The molecular formula is C16H18N4O3. The number of nitrogens with zero attached hydrogens (tertiary/aromatic N) is 2. The summed E-state index contributed by atoms with van der Waals surface area (Å²) < 4.78 is 1.17. The Hall–Kier alpha value is -2.96. The third-order valence-corrected chi connectivity index (χ3v) is 3.29. The number of amides is 2. The number of aromatic nitrogens is 2. The maximum atomic E-state index is 12.0. The molecule has 0 saturated heterocycles. The molecule has 7 heteroatoms. The molecule has 0 saturated carbocycles. The molecule has 120 valence electrons. The first kappa shape index (κ1) is 16.4. The number of hydrogen-bond donors (Lipinski definition) is 2. The first-order chi connectivity index (χ1) is 10.8. The number of nitrogens with one attached hydrogen (secondary N) is 2. The molecule has 0 unspecified atom stereocenters. The third kappa shape index (κ3) is 3.63. The van der Waals surface area contributed by atoms with E-state index in [0.29, 0.717) is 11.4 Å². The van der Waals surface area contributed by atoms with Crippen molar-refractivity contribution >= 4 is 23.2 Å². The van der Waals surface area contributed by atoms with Crippen LogP contribution in [-0.2, 0) is 16.6 Å². The standard InChI is InChI=1S/C16H18N4O3/c1-9-12(6-5-7-13(9)17-10(2)21)14-8-15(18-11(3)22)16(23)20(4)19-14/h5-8H,1-4H3,(H,17,21)(H,18,22). The fraction of sp³-hybridized carbons (Fsp3) is 0.250. The van der Waals surface area contributed by atoms with Crippen molar-refractivity contribution in [3.05, 3.63) is 40.2 Å². The highest BCUT2D eigenvalue weighted by Gasteiger charge is 2.13. The summed E-state index contributed by atoms with van der Waals surface area (Å²) in [6, 6.07) is 6.95. The minimum atomic E-state index is -0.389. The van der Waals surface area contributed by atoms with Crippen LogP contribution in [0.15, 0.2) is 29.1 Å². The number of rotatable bonds is 3.